The maximum absolute atomic E-state index is 13.9. The molecule has 2 amide bonds. The van der Waals surface area contributed by atoms with Gasteiger partial charge in [-0.15, -0.1) is 11.3 Å². The van der Waals surface area contributed by atoms with Crippen molar-refractivity contribution in [3.63, 3.8) is 0 Å². The van der Waals surface area contributed by atoms with Crippen LogP contribution in [0.3, 0.4) is 0 Å². The summed E-state index contributed by atoms with van der Waals surface area (Å²) in [4.78, 5) is 30.8. The fourth-order valence-electron chi connectivity index (χ4n) is 5.35. The van der Waals surface area contributed by atoms with Crippen LogP contribution < -0.4 is 10.1 Å². The number of thiophene rings is 1. The molecule has 1 saturated carbocycles. The molecule has 1 aliphatic heterocycles. The molecule has 0 bridgehead atoms. The van der Waals surface area contributed by atoms with Gasteiger partial charge in [-0.3, -0.25) is 9.59 Å². The number of nitrogens with one attached hydrogen (secondary N) is 1. The first kappa shape index (κ1) is 23.0. The van der Waals surface area contributed by atoms with E-state index in [1.807, 2.05) is 37.3 Å². The van der Waals surface area contributed by atoms with E-state index in [9.17, 15) is 9.59 Å². The number of aromatic nitrogens is 1. The Balaban J connectivity index is 1.54. The fourth-order valence-corrected chi connectivity index (χ4v) is 6.39. The highest BCUT2D eigenvalue weighted by molar-refractivity contribution is 7.19. The number of carbonyl (C=O) groups excluding carboxylic acids is 2. The van der Waals surface area contributed by atoms with Crippen molar-refractivity contribution < 1.29 is 14.3 Å². The first-order chi connectivity index (χ1) is 16.4. The van der Waals surface area contributed by atoms with Crippen LogP contribution >= 0.6 is 11.3 Å². The number of aryl methyl sites for hydroxylation is 1. The van der Waals surface area contributed by atoms with Crippen LogP contribution in [-0.2, 0) is 24.3 Å². The van der Waals surface area contributed by atoms with Crippen LogP contribution in [-0.4, -0.2) is 40.0 Å². The van der Waals surface area contributed by atoms with E-state index in [1.165, 1.54) is 11.3 Å². The monoisotopic (exact) mass is 479 g/mol. The lowest BCUT2D eigenvalue weighted by Gasteiger charge is -2.45. The topological polar surface area (TPSA) is 63.6 Å². The molecular formula is C27H33N3O3S. The highest BCUT2D eigenvalue weighted by Gasteiger charge is 2.48. The Bertz CT molecular complexity index is 1220. The second-order valence-electron chi connectivity index (χ2n) is 9.76. The van der Waals surface area contributed by atoms with Crippen molar-refractivity contribution in [3.05, 3.63) is 52.5 Å². The number of nitrogens with zero attached hydrogens (tertiary/aromatic N) is 2. The van der Waals surface area contributed by atoms with Crippen LogP contribution in [0.2, 0.25) is 0 Å². The Morgan fingerprint density at radius 1 is 1.21 bits per heavy atom. The molecule has 5 rings (SSSR count). The molecule has 3 heterocycles. The Hall–Kier alpha value is -2.80. The van der Waals surface area contributed by atoms with Crippen LogP contribution in [0.4, 0.5) is 0 Å². The molecule has 0 spiro atoms. The second-order valence-corrected chi connectivity index (χ2v) is 10.9. The molecule has 2 aromatic heterocycles. The van der Waals surface area contributed by atoms with Gasteiger partial charge in [-0.2, -0.15) is 0 Å². The lowest BCUT2D eigenvalue weighted by atomic mass is 9.91. The Labute approximate surface area is 204 Å². The van der Waals surface area contributed by atoms with Gasteiger partial charge in [0.25, 0.3) is 5.91 Å². The van der Waals surface area contributed by atoms with Crippen LogP contribution in [0.1, 0.15) is 66.9 Å². The van der Waals surface area contributed by atoms with Crippen LogP contribution in [0, 0.1) is 0 Å². The summed E-state index contributed by atoms with van der Waals surface area (Å²) >= 11 is 1.73. The summed E-state index contributed by atoms with van der Waals surface area (Å²) in [6.07, 6.45) is 6.50. The van der Waals surface area contributed by atoms with Crippen molar-refractivity contribution in [2.24, 2.45) is 0 Å². The number of hydrogen-bond acceptors (Lipinski definition) is 4. The molecular weight excluding hydrogens is 446 g/mol. The minimum absolute atomic E-state index is 0.0610. The van der Waals surface area contributed by atoms with E-state index in [0.717, 1.165) is 53.6 Å². The first-order valence-corrected chi connectivity index (χ1v) is 13.1. The van der Waals surface area contributed by atoms with E-state index < -0.39 is 5.54 Å². The SMILES string of the molecule is CCc1cc2c(cc3n2C[C@](C)(C(=O)NC2CCCCC2)N(Cc2cccc(OC)c2)C3=O)s1. The highest BCUT2D eigenvalue weighted by Crippen LogP contribution is 2.37. The summed E-state index contributed by atoms with van der Waals surface area (Å²) in [6, 6.07) is 12.1. The maximum Gasteiger partial charge on any atom is 0.271 e. The number of ether oxygens (including phenoxy) is 1. The van der Waals surface area contributed by atoms with Crippen LogP contribution in [0.25, 0.3) is 10.2 Å². The summed E-state index contributed by atoms with van der Waals surface area (Å²) in [5, 5.41) is 3.31. The van der Waals surface area contributed by atoms with Crippen molar-refractivity contribution >= 4 is 33.4 Å². The van der Waals surface area contributed by atoms with E-state index in [-0.39, 0.29) is 17.9 Å². The molecule has 180 valence electrons. The lowest BCUT2D eigenvalue weighted by Crippen LogP contribution is -2.64. The molecule has 0 unspecified atom stereocenters. The molecule has 1 fully saturated rings. The number of methoxy groups -OCH3 is 1. The number of benzene rings is 1. The van der Waals surface area contributed by atoms with Gasteiger partial charge in [0.1, 0.15) is 17.0 Å². The van der Waals surface area contributed by atoms with Gasteiger partial charge in [-0.1, -0.05) is 38.3 Å². The van der Waals surface area contributed by atoms with Crippen molar-refractivity contribution in [1.82, 2.24) is 14.8 Å². The third-order valence-electron chi connectivity index (χ3n) is 7.42. The smallest absolute Gasteiger partial charge is 0.271 e. The van der Waals surface area contributed by atoms with Gasteiger partial charge >= 0.3 is 0 Å². The zero-order valence-electron chi connectivity index (χ0n) is 20.2. The van der Waals surface area contributed by atoms with E-state index in [0.29, 0.717) is 18.8 Å². The van der Waals surface area contributed by atoms with Gasteiger partial charge in [-0.25, -0.2) is 0 Å². The Morgan fingerprint density at radius 2 is 2.00 bits per heavy atom. The Morgan fingerprint density at radius 3 is 2.74 bits per heavy atom. The second kappa shape index (κ2) is 9.10. The van der Waals surface area contributed by atoms with Gasteiger partial charge in [0, 0.05) is 17.5 Å². The number of carbonyl (C=O) groups is 2. The van der Waals surface area contributed by atoms with E-state index in [4.69, 9.17) is 4.74 Å². The molecule has 1 aliphatic carbocycles. The molecule has 2 aliphatic rings. The zero-order chi connectivity index (χ0) is 23.9. The van der Waals surface area contributed by atoms with Crippen molar-refractivity contribution in [1.29, 1.82) is 0 Å². The summed E-state index contributed by atoms with van der Waals surface area (Å²) in [5.41, 5.74) is 1.67. The zero-order valence-corrected chi connectivity index (χ0v) is 21.0. The van der Waals surface area contributed by atoms with Gasteiger partial charge < -0.3 is 19.5 Å². The first-order valence-electron chi connectivity index (χ1n) is 12.3. The van der Waals surface area contributed by atoms with Crippen molar-refractivity contribution in [2.75, 3.05) is 7.11 Å². The number of rotatable bonds is 6. The molecule has 3 aromatic rings. The average molecular weight is 480 g/mol. The number of hydrogen-bond donors (Lipinski definition) is 1. The van der Waals surface area contributed by atoms with Gasteiger partial charge in [0.05, 0.1) is 23.9 Å². The van der Waals surface area contributed by atoms with Crippen LogP contribution in [0.15, 0.2) is 36.4 Å². The third kappa shape index (κ3) is 4.00. The molecule has 6 nitrogen and oxygen atoms in total. The summed E-state index contributed by atoms with van der Waals surface area (Å²) < 4.78 is 8.57. The predicted octanol–water partition coefficient (Wildman–Crippen LogP) is 5.14. The number of fused-ring (bicyclic) bond motifs is 3. The summed E-state index contributed by atoms with van der Waals surface area (Å²) in [7, 11) is 1.64. The Kier molecular flexibility index (Phi) is 6.15. The fraction of sp³-hybridized carbons (Fsp3) is 0.481. The standard InChI is InChI=1S/C27H33N3O3S/c1-4-21-14-22-24(34-21)15-23-25(31)30(16-18-9-8-12-20(13-18)33-3)27(2,17-29(22)23)26(32)28-19-10-6-5-7-11-19/h8-9,12-15,19H,4-7,10-11,16-17H2,1-3H3,(H,28,32)/t27-/m1/s1. The molecule has 0 radical (unpaired) electrons. The van der Waals surface area contributed by atoms with E-state index in [1.54, 1.807) is 23.3 Å². The van der Waals surface area contributed by atoms with Crippen molar-refractivity contribution in [2.45, 2.75) is 77.0 Å². The molecule has 1 atom stereocenters. The largest absolute Gasteiger partial charge is 0.497 e. The van der Waals surface area contributed by atoms with E-state index >= 15 is 0 Å². The summed E-state index contributed by atoms with van der Waals surface area (Å²) in [5.74, 6) is 0.581. The highest BCUT2D eigenvalue weighted by atomic mass is 32.1. The third-order valence-corrected chi connectivity index (χ3v) is 8.64. The molecule has 0 saturated heterocycles. The van der Waals surface area contributed by atoms with E-state index in [2.05, 4.69) is 22.9 Å². The minimum atomic E-state index is -0.995. The minimum Gasteiger partial charge on any atom is -0.497 e. The van der Waals surface area contributed by atoms with Gasteiger partial charge in [-0.05, 0) is 56.0 Å². The van der Waals surface area contributed by atoms with Crippen LogP contribution in [0.5, 0.6) is 5.75 Å². The molecule has 34 heavy (non-hydrogen) atoms. The molecule has 7 heteroatoms. The van der Waals surface area contributed by atoms with Crippen molar-refractivity contribution in [3.8, 4) is 5.75 Å². The summed E-state index contributed by atoms with van der Waals surface area (Å²) in [6.45, 7) is 4.86. The maximum atomic E-state index is 13.9. The van der Waals surface area contributed by atoms with Gasteiger partial charge in [0.2, 0.25) is 5.91 Å². The molecule has 1 N–H and O–H groups in total. The predicted molar refractivity (Wildman–Crippen MR) is 135 cm³/mol. The average Bonchev–Trinajstić information content (AvgIpc) is 3.41. The normalized spacial score (nSPS) is 21.0. The number of amides is 2. The lowest BCUT2D eigenvalue weighted by molar-refractivity contribution is -0.134. The van der Waals surface area contributed by atoms with Gasteiger partial charge in [0.15, 0.2) is 0 Å². The molecule has 1 aromatic carbocycles. The quantitative estimate of drug-likeness (QED) is 0.533.